The number of aliphatic hydroxyl groups is 1. The second kappa shape index (κ2) is 6.39. The fourth-order valence-electron chi connectivity index (χ4n) is 2.32. The Bertz CT molecular complexity index is 546. The van der Waals surface area contributed by atoms with Gasteiger partial charge < -0.3 is 9.52 Å². The summed E-state index contributed by atoms with van der Waals surface area (Å²) in [6.45, 7) is 2.49. The smallest absolute Gasteiger partial charge is 0.195 e. The lowest BCUT2D eigenvalue weighted by Gasteiger charge is -2.29. The molecule has 0 bridgehead atoms. The number of aromatic nitrogens is 2. The number of β-amino-alcohol motifs (C(OH)–C–C–N with tert-alkyl or cyclic N) is 1. The van der Waals surface area contributed by atoms with E-state index >= 15 is 0 Å². The molecule has 1 atom stereocenters. The molecular weight excluding hydrogens is 274 g/mol. The van der Waals surface area contributed by atoms with E-state index in [0.717, 1.165) is 43.3 Å². The number of piperidine rings is 1. The van der Waals surface area contributed by atoms with Crippen LogP contribution in [0.4, 0.5) is 0 Å². The van der Waals surface area contributed by atoms with Gasteiger partial charge in [0.15, 0.2) is 10.2 Å². The minimum Gasteiger partial charge on any atom is -0.453 e. The molecule has 2 aromatic rings. The van der Waals surface area contributed by atoms with Gasteiger partial charge >= 0.3 is 0 Å². The van der Waals surface area contributed by atoms with Gasteiger partial charge in [0.25, 0.3) is 0 Å². The lowest BCUT2D eigenvalue weighted by molar-refractivity contribution is 0.0627. The first-order valence-corrected chi connectivity index (χ1v) is 7.55. The van der Waals surface area contributed by atoms with Gasteiger partial charge in [-0.1, -0.05) is 0 Å². The predicted octanol–water partition coefficient (Wildman–Crippen LogP) is 2.18. The van der Waals surface area contributed by atoms with Crippen LogP contribution in [0.2, 0.25) is 0 Å². The fraction of sp³-hybridized carbons (Fsp3) is 0.429. The zero-order valence-corrected chi connectivity index (χ0v) is 11.9. The Morgan fingerprint density at radius 2 is 2.20 bits per heavy atom. The minimum atomic E-state index is -0.203. The van der Waals surface area contributed by atoms with E-state index in [1.165, 1.54) is 11.8 Å². The van der Waals surface area contributed by atoms with E-state index in [1.54, 1.807) is 18.5 Å². The molecule has 1 fully saturated rings. The number of nitrogens with zero attached hydrogens (tertiary/aromatic N) is 3. The molecule has 2 aromatic heterocycles. The van der Waals surface area contributed by atoms with Crippen LogP contribution in [0.15, 0.2) is 45.3 Å². The topological polar surface area (TPSA) is 62.4 Å². The SMILES string of the molecule is O[C@@H]1CCCN(Cc2ccc(Sc3ncccn3)o2)C1. The van der Waals surface area contributed by atoms with Crippen molar-refractivity contribution in [3.8, 4) is 0 Å². The van der Waals surface area contributed by atoms with Crippen LogP contribution in [0.1, 0.15) is 18.6 Å². The van der Waals surface area contributed by atoms with Crippen molar-refractivity contribution in [2.24, 2.45) is 0 Å². The zero-order chi connectivity index (χ0) is 13.8. The molecule has 0 spiro atoms. The van der Waals surface area contributed by atoms with Crippen molar-refractivity contribution in [1.29, 1.82) is 0 Å². The predicted molar refractivity (Wildman–Crippen MR) is 75.4 cm³/mol. The van der Waals surface area contributed by atoms with E-state index < -0.39 is 0 Å². The third-order valence-corrected chi connectivity index (χ3v) is 4.05. The van der Waals surface area contributed by atoms with Crippen molar-refractivity contribution in [2.75, 3.05) is 13.1 Å². The van der Waals surface area contributed by atoms with Crippen LogP contribution < -0.4 is 0 Å². The van der Waals surface area contributed by atoms with Crippen molar-refractivity contribution >= 4 is 11.8 Å². The number of hydrogen-bond donors (Lipinski definition) is 1. The number of likely N-dealkylation sites (tertiary alicyclic amines) is 1. The average Bonchev–Trinajstić information content (AvgIpc) is 2.87. The minimum absolute atomic E-state index is 0.203. The maximum absolute atomic E-state index is 9.66. The van der Waals surface area contributed by atoms with Crippen LogP contribution in [-0.4, -0.2) is 39.2 Å². The van der Waals surface area contributed by atoms with Gasteiger partial charge in [0, 0.05) is 18.9 Å². The molecule has 5 nitrogen and oxygen atoms in total. The third-order valence-electron chi connectivity index (χ3n) is 3.23. The van der Waals surface area contributed by atoms with E-state index in [1.807, 2.05) is 12.1 Å². The molecule has 1 saturated heterocycles. The van der Waals surface area contributed by atoms with Crippen molar-refractivity contribution in [2.45, 2.75) is 35.7 Å². The highest BCUT2D eigenvalue weighted by Crippen LogP contribution is 2.26. The summed E-state index contributed by atoms with van der Waals surface area (Å²) in [6, 6.07) is 5.71. The molecular formula is C14H17N3O2S. The summed E-state index contributed by atoms with van der Waals surface area (Å²) in [5, 5.41) is 11.1. The van der Waals surface area contributed by atoms with Gasteiger partial charge in [-0.05, 0) is 49.3 Å². The summed E-state index contributed by atoms with van der Waals surface area (Å²) < 4.78 is 5.79. The second-order valence-corrected chi connectivity index (χ2v) is 5.86. The van der Waals surface area contributed by atoms with Gasteiger partial charge in [-0.25, -0.2) is 9.97 Å². The van der Waals surface area contributed by atoms with Crippen LogP contribution in [0.25, 0.3) is 0 Å². The quantitative estimate of drug-likeness (QED) is 0.871. The Labute approximate surface area is 122 Å². The molecule has 0 saturated carbocycles. The fourth-order valence-corrected chi connectivity index (χ4v) is 3.01. The van der Waals surface area contributed by atoms with E-state index in [4.69, 9.17) is 4.42 Å². The molecule has 20 heavy (non-hydrogen) atoms. The molecule has 3 rings (SSSR count). The van der Waals surface area contributed by atoms with E-state index in [-0.39, 0.29) is 6.10 Å². The molecule has 1 aliphatic heterocycles. The summed E-state index contributed by atoms with van der Waals surface area (Å²) in [5.41, 5.74) is 0. The van der Waals surface area contributed by atoms with Crippen LogP contribution in [0.5, 0.6) is 0 Å². The van der Waals surface area contributed by atoms with Crippen LogP contribution in [0.3, 0.4) is 0 Å². The van der Waals surface area contributed by atoms with Crippen LogP contribution in [-0.2, 0) is 6.54 Å². The van der Waals surface area contributed by atoms with Gasteiger partial charge in [0.2, 0.25) is 0 Å². The normalized spacial score (nSPS) is 20.1. The average molecular weight is 291 g/mol. The largest absolute Gasteiger partial charge is 0.453 e. The number of rotatable bonds is 4. The monoisotopic (exact) mass is 291 g/mol. The van der Waals surface area contributed by atoms with Crippen molar-refractivity contribution in [3.63, 3.8) is 0 Å². The van der Waals surface area contributed by atoms with Crippen molar-refractivity contribution in [1.82, 2.24) is 14.9 Å². The Kier molecular flexibility index (Phi) is 4.34. The first-order chi connectivity index (χ1) is 9.79. The second-order valence-electron chi connectivity index (χ2n) is 4.89. The lowest BCUT2D eigenvalue weighted by atomic mass is 10.1. The molecule has 0 aromatic carbocycles. The molecule has 1 aliphatic rings. The van der Waals surface area contributed by atoms with Crippen LogP contribution in [0, 0.1) is 0 Å². The van der Waals surface area contributed by atoms with E-state index in [0.29, 0.717) is 5.16 Å². The molecule has 0 amide bonds. The van der Waals surface area contributed by atoms with Gasteiger partial charge in [0.1, 0.15) is 5.76 Å². The highest BCUT2D eigenvalue weighted by Gasteiger charge is 2.18. The summed E-state index contributed by atoms with van der Waals surface area (Å²) in [6.07, 6.45) is 5.18. The number of hydrogen-bond acceptors (Lipinski definition) is 6. The summed E-state index contributed by atoms with van der Waals surface area (Å²) in [4.78, 5) is 10.5. The molecule has 106 valence electrons. The number of aliphatic hydroxyl groups excluding tert-OH is 1. The lowest BCUT2D eigenvalue weighted by Crippen LogP contribution is -2.37. The maximum atomic E-state index is 9.66. The number of furan rings is 1. The van der Waals surface area contributed by atoms with Gasteiger partial charge in [-0.15, -0.1) is 0 Å². The van der Waals surface area contributed by atoms with Crippen molar-refractivity contribution in [3.05, 3.63) is 36.4 Å². The summed E-state index contributed by atoms with van der Waals surface area (Å²) in [7, 11) is 0. The van der Waals surface area contributed by atoms with Crippen molar-refractivity contribution < 1.29 is 9.52 Å². The standard InChI is InChI=1S/C14H17N3O2S/c18-11-3-1-8-17(9-11)10-12-4-5-13(19-12)20-14-15-6-2-7-16-14/h2,4-7,11,18H,1,3,8-10H2/t11-/m1/s1. The molecule has 1 N–H and O–H groups in total. The summed E-state index contributed by atoms with van der Waals surface area (Å²) in [5.74, 6) is 0.914. The Hall–Kier alpha value is -1.37. The van der Waals surface area contributed by atoms with Crippen LogP contribution >= 0.6 is 11.8 Å². The van der Waals surface area contributed by atoms with E-state index in [9.17, 15) is 5.11 Å². The molecule has 3 heterocycles. The maximum Gasteiger partial charge on any atom is 0.195 e. The molecule has 6 heteroatoms. The first kappa shape index (κ1) is 13.6. The molecule has 0 aliphatic carbocycles. The Morgan fingerprint density at radius 3 is 3.00 bits per heavy atom. The third kappa shape index (κ3) is 3.59. The van der Waals surface area contributed by atoms with Gasteiger partial charge in [-0.3, -0.25) is 4.90 Å². The van der Waals surface area contributed by atoms with E-state index in [2.05, 4.69) is 14.9 Å². The summed E-state index contributed by atoms with van der Waals surface area (Å²) >= 11 is 1.41. The highest BCUT2D eigenvalue weighted by molar-refractivity contribution is 7.99. The molecule has 0 unspecified atom stereocenters. The van der Waals surface area contributed by atoms with Gasteiger partial charge in [-0.2, -0.15) is 0 Å². The van der Waals surface area contributed by atoms with Gasteiger partial charge in [0.05, 0.1) is 12.6 Å². The zero-order valence-electron chi connectivity index (χ0n) is 11.1. The Balaban J connectivity index is 1.59. The molecule has 0 radical (unpaired) electrons. The Morgan fingerprint density at radius 1 is 1.35 bits per heavy atom. The first-order valence-electron chi connectivity index (χ1n) is 6.73. The highest BCUT2D eigenvalue weighted by atomic mass is 32.2.